The van der Waals surface area contributed by atoms with Gasteiger partial charge in [-0.05, 0) is 24.5 Å². The van der Waals surface area contributed by atoms with Crippen molar-refractivity contribution in [2.75, 3.05) is 19.6 Å². The van der Waals surface area contributed by atoms with E-state index in [1.54, 1.807) is 12.5 Å². The van der Waals surface area contributed by atoms with Crippen LogP contribution >= 0.6 is 0 Å². The molecule has 0 saturated carbocycles. The van der Waals surface area contributed by atoms with Crippen LogP contribution < -0.4 is 5.32 Å². The molecule has 0 aliphatic carbocycles. The van der Waals surface area contributed by atoms with Gasteiger partial charge in [-0.15, -0.1) is 0 Å². The van der Waals surface area contributed by atoms with Gasteiger partial charge in [0.25, 0.3) is 0 Å². The van der Waals surface area contributed by atoms with Gasteiger partial charge in [0.1, 0.15) is 0 Å². The van der Waals surface area contributed by atoms with Gasteiger partial charge in [-0.3, -0.25) is 4.90 Å². The van der Waals surface area contributed by atoms with Crippen LogP contribution in [-0.4, -0.2) is 41.7 Å². The predicted molar refractivity (Wildman–Crippen MR) is 77.7 cm³/mol. The third-order valence-electron chi connectivity index (χ3n) is 4.91. The van der Waals surface area contributed by atoms with E-state index in [0.29, 0.717) is 12.1 Å². The normalized spacial score (nSPS) is 27.5. The predicted octanol–water partition coefficient (Wildman–Crippen LogP) is 1.82. The molecular weight excluding hydrogens is 252 g/mol. The Hall–Kier alpha value is -1.36. The summed E-state index contributed by atoms with van der Waals surface area (Å²) in [6.07, 6.45) is 4.33. The first-order chi connectivity index (χ1) is 9.72. The van der Waals surface area contributed by atoms with Crippen molar-refractivity contribution in [3.05, 3.63) is 35.8 Å². The molecule has 2 N–H and O–H groups in total. The molecule has 2 aromatic rings. The van der Waals surface area contributed by atoms with Gasteiger partial charge in [-0.1, -0.05) is 12.1 Å². The third kappa shape index (κ3) is 1.87. The number of hydrogen-bond donors (Lipinski definition) is 2. The standard InChI is InChI=1S/C16H20N2O2/c1-10-14(3-2-11-8-20-9-15(10)11)16(19)7-18-6-12-4-13(18)5-17-12/h2-3,8-9,12-13,16-17,19H,4-7H2,1H3. The average Bonchev–Trinajstić information content (AvgIpc) is 3.14. The Morgan fingerprint density at radius 2 is 2.35 bits per heavy atom. The van der Waals surface area contributed by atoms with Gasteiger partial charge in [0.05, 0.1) is 18.6 Å². The molecule has 2 saturated heterocycles. The highest BCUT2D eigenvalue weighted by Gasteiger charge is 2.38. The lowest BCUT2D eigenvalue weighted by molar-refractivity contribution is 0.0986. The van der Waals surface area contributed by atoms with Gasteiger partial charge in [-0.25, -0.2) is 0 Å². The summed E-state index contributed by atoms with van der Waals surface area (Å²) in [5.41, 5.74) is 2.15. The highest BCUT2D eigenvalue weighted by molar-refractivity contribution is 5.85. The van der Waals surface area contributed by atoms with Crippen molar-refractivity contribution < 1.29 is 9.52 Å². The van der Waals surface area contributed by atoms with E-state index in [2.05, 4.69) is 17.1 Å². The van der Waals surface area contributed by atoms with E-state index in [-0.39, 0.29) is 0 Å². The Morgan fingerprint density at radius 3 is 3.10 bits per heavy atom. The number of likely N-dealkylation sites (tertiary alicyclic amines) is 1. The van der Waals surface area contributed by atoms with Crippen LogP contribution in [0, 0.1) is 6.92 Å². The van der Waals surface area contributed by atoms with Crippen molar-refractivity contribution in [2.45, 2.75) is 31.5 Å². The summed E-state index contributed by atoms with van der Waals surface area (Å²) in [5.74, 6) is 0. The maximum Gasteiger partial charge on any atom is 0.0984 e. The number of aryl methyl sites for hydroxylation is 1. The second kappa shape index (κ2) is 4.58. The molecule has 2 fully saturated rings. The number of nitrogens with one attached hydrogen (secondary N) is 1. The third-order valence-corrected chi connectivity index (χ3v) is 4.91. The molecule has 1 aromatic heterocycles. The topological polar surface area (TPSA) is 48.6 Å². The average molecular weight is 272 g/mol. The summed E-state index contributed by atoms with van der Waals surface area (Å²) in [6, 6.07) is 5.30. The minimum Gasteiger partial charge on any atom is -0.471 e. The molecule has 3 unspecified atom stereocenters. The van der Waals surface area contributed by atoms with Crippen molar-refractivity contribution >= 4 is 10.8 Å². The number of hydrogen-bond acceptors (Lipinski definition) is 4. The molecule has 0 radical (unpaired) electrons. The van der Waals surface area contributed by atoms with Crippen LogP contribution in [-0.2, 0) is 0 Å². The second-order valence-electron chi connectivity index (χ2n) is 6.12. The lowest BCUT2D eigenvalue weighted by Gasteiger charge is -2.29. The Balaban J connectivity index is 1.57. The summed E-state index contributed by atoms with van der Waals surface area (Å²) in [4.78, 5) is 2.42. The largest absolute Gasteiger partial charge is 0.471 e. The zero-order chi connectivity index (χ0) is 13.7. The van der Waals surface area contributed by atoms with Gasteiger partial charge in [0, 0.05) is 42.5 Å². The molecule has 2 bridgehead atoms. The minimum atomic E-state index is -0.423. The van der Waals surface area contributed by atoms with Crippen LogP contribution in [0.4, 0.5) is 0 Å². The fourth-order valence-corrected chi connectivity index (χ4v) is 3.75. The lowest BCUT2D eigenvalue weighted by Crippen LogP contribution is -2.45. The molecule has 20 heavy (non-hydrogen) atoms. The molecule has 2 aliphatic heterocycles. The van der Waals surface area contributed by atoms with Crippen molar-refractivity contribution in [2.24, 2.45) is 0 Å². The summed E-state index contributed by atoms with van der Waals surface area (Å²) in [5, 5.41) is 16.3. The van der Waals surface area contributed by atoms with Gasteiger partial charge < -0.3 is 14.8 Å². The Morgan fingerprint density at radius 1 is 1.45 bits per heavy atom. The molecule has 4 heteroatoms. The smallest absolute Gasteiger partial charge is 0.0984 e. The van der Waals surface area contributed by atoms with Crippen molar-refractivity contribution in [3.63, 3.8) is 0 Å². The maximum atomic E-state index is 10.6. The van der Waals surface area contributed by atoms with E-state index in [4.69, 9.17) is 4.42 Å². The number of nitrogens with zero attached hydrogens (tertiary/aromatic N) is 1. The van der Waals surface area contributed by atoms with Gasteiger partial charge >= 0.3 is 0 Å². The van der Waals surface area contributed by atoms with Gasteiger partial charge in [-0.2, -0.15) is 0 Å². The summed E-state index contributed by atoms with van der Waals surface area (Å²) in [7, 11) is 0. The van der Waals surface area contributed by atoms with E-state index in [1.165, 1.54) is 6.42 Å². The zero-order valence-corrected chi connectivity index (χ0v) is 11.7. The Kier molecular flexibility index (Phi) is 2.84. The molecule has 3 atom stereocenters. The van der Waals surface area contributed by atoms with E-state index in [1.807, 2.05) is 12.1 Å². The number of furan rings is 1. The summed E-state index contributed by atoms with van der Waals surface area (Å²) in [6.45, 7) is 4.92. The first-order valence-corrected chi connectivity index (χ1v) is 7.33. The van der Waals surface area contributed by atoms with Gasteiger partial charge in [0.2, 0.25) is 0 Å². The maximum absolute atomic E-state index is 10.6. The minimum absolute atomic E-state index is 0.423. The van der Waals surface area contributed by atoms with Crippen LogP contribution in [0.1, 0.15) is 23.7 Å². The van der Waals surface area contributed by atoms with E-state index < -0.39 is 6.10 Å². The molecule has 4 rings (SSSR count). The van der Waals surface area contributed by atoms with E-state index in [0.717, 1.165) is 41.5 Å². The number of benzene rings is 1. The van der Waals surface area contributed by atoms with Crippen LogP contribution in [0.3, 0.4) is 0 Å². The molecule has 0 amide bonds. The molecule has 4 nitrogen and oxygen atoms in total. The van der Waals surface area contributed by atoms with E-state index in [9.17, 15) is 5.11 Å². The molecule has 3 heterocycles. The van der Waals surface area contributed by atoms with Crippen molar-refractivity contribution in [1.82, 2.24) is 10.2 Å². The van der Waals surface area contributed by atoms with Crippen LogP contribution in [0.5, 0.6) is 0 Å². The molecule has 1 aromatic carbocycles. The SMILES string of the molecule is Cc1c(C(O)CN2CC3CC2CN3)ccc2cocc12. The number of fused-ring (bicyclic) bond motifs is 3. The second-order valence-corrected chi connectivity index (χ2v) is 6.12. The summed E-state index contributed by atoms with van der Waals surface area (Å²) < 4.78 is 5.25. The molecule has 0 spiro atoms. The molecule has 2 aliphatic rings. The van der Waals surface area contributed by atoms with Gasteiger partial charge in [0.15, 0.2) is 0 Å². The monoisotopic (exact) mass is 272 g/mol. The van der Waals surface area contributed by atoms with E-state index >= 15 is 0 Å². The zero-order valence-electron chi connectivity index (χ0n) is 11.7. The first-order valence-electron chi connectivity index (χ1n) is 7.33. The fourth-order valence-electron chi connectivity index (χ4n) is 3.75. The highest BCUT2D eigenvalue weighted by Crippen LogP contribution is 2.30. The highest BCUT2D eigenvalue weighted by atomic mass is 16.3. The quantitative estimate of drug-likeness (QED) is 0.895. The Labute approximate surface area is 118 Å². The number of aliphatic hydroxyl groups is 1. The first kappa shape index (κ1) is 12.4. The summed E-state index contributed by atoms with van der Waals surface area (Å²) >= 11 is 0. The lowest BCUT2D eigenvalue weighted by atomic mass is 9.98. The number of aliphatic hydroxyl groups excluding tert-OH is 1. The number of rotatable bonds is 3. The molecule has 106 valence electrons. The van der Waals surface area contributed by atoms with Crippen LogP contribution in [0.15, 0.2) is 29.1 Å². The number of piperazine rings is 1. The fraction of sp³-hybridized carbons (Fsp3) is 0.500. The van der Waals surface area contributed by atoms with Crippen molar-refractivity contribution in [1.29, 1.82) is 0 Å². The van der Waals surface area contributed by atoms with Crippen LogP contribution in [0.25, 0.3) is 10.8 Å². The molecular formula is C16H20N2O2. The number of β-amino-alcohol motifs (C(OH)–C–C–N with tert-alkyl or cyclic N) is 1. The van der Waals surface area contributed by atoms with Crippen LogP contribution in [0.2, 0.25) is 0 Å². The van der Waals surface area contributed by atoms with Crippen molar-refractivity contribution in [3.8, 4) is 0 Å². The Bertz CT molecular complexity index is 636.